The first kappa shape index (κ1) is 14.0. The second-order valence-electron chi connectivity index (χ2n) is 4.82. The zero-order valence-electron chi connectivity index (χ0n) is 11.4. The van der Waals surface area contributed by atoms with Crippen molar-refractivity contribution >= 4 is 5.91 Å². The Hall–Kier alpha value is -1.39. The fourth-order valence-electron chi connectivity index (χ4n) is 2.32. The summed E-state index contributed by atoms with van der Waals surface area (Å²) in [4.78, 5) is 14.1. The minimum absolute atomic E-state index is 0.205. The molecule has 0 radical (unpaired) electrons. The van der Waals surface area contributed by atoms with Crippen molar-refractivity contribution in [3.63, 3.8) is 0 Å². The predicted molar refractivity (Wildman–Crippen MR) is 72.7 cm³/mol. The van der Waals surface area contributed by atoms with E-state index >= 15 is 0 Å². The van der Waals surface area contributed by atoms with Gasteiger partial charge in [0.25, 0.3) is 0 Å². The number of nitrogens with zero attached hydrogens (tertiary/aromatic N) is 1. The normalized spacial score (nSPS) is 16.6. The monoisotopic (exact) mass is 263 g/mol. The maximum Gasteiger partial charge on any atom is 0.226 e. The fraction of sp³-hybridized carbons (Fsp3) is 0.533. The molecule has 1 aromatic rings. The molecule has 0 N–H and O–H groups in total. The van der Waals surface area contributed by atoms with Gasteiger partial charge in [-0.1, -0.05) is 30.3 Å². The summed E-state index contributed by atoms with van der Waals surface area (Å²) < 4.78 is 10.4. The largest absolute Gasteiger partial charge is 0.359 e. The Kier molecular flexibility index (Phi) is 5.36. The molecule has 1 fully saturated rings. The van der Waals surface area contributed by atoms with E-state index in [1.54, 1.807) is 7.11 Å². The van der Waals surface area contributed by atoms with Crippen LogP contribution in [-0.2, 0) is 20.7 Å². The van der Waals surface area contributed by atoms with Crippen LogP contribution in [0.15, 0.2) is 30.3 Å². The molecule has 0 spiro atoms. The van der Waals surface area contributed by atoms with Gasteiger partial charge in [0.1, 0.15) is 6.79 Å². The van der Waals surface area contributed by atoms with Gasteiger partial charge in [0, 0.05) is 20.2 Å². The molecule has 1 amide bonds. The van der Waals surface area contributed by atoms with Gasteiger partial charge in [-0.15, -0.1) is 0 Å². The van der Waals surface area contributed by atoms with Crippen molar-refractivity contribution in [3.8, 4) is 0 Å². The lowest BCUT2D eigenvalue weighted by Gasteiger charge is -2.31. The number of carbonyl (C=O) groups is 1. The summed E-state index contributed by atoms with van der Waals surface area (Å²) >= 11 is 0. The molecule has 0 saturated carbocycles. The van der Waals surface area contributed by atoms with Crippen molar-refractivity contribution in [2.75, 3.05) is 27.0 Å². The minimum Gasteiger partial charge on any atom is -0.359 e. The number of hydrogen-bond acceptors (Lipinski definition) is 3. The molecule has 1 aromatic carbocycles. The van der Waals surface area contributed by atoms with Crippen LogP contribution in [0.2, 0.25) is 0 Å². The van der Waals surface area contributed by atoms with Gasteiger partial charge < -0.3 is 14.4 Å². The van der Waals surface area contributed by atoms with Gasteiger partial charge in [0.15, 0.2) is 0 Å². The number of carbonyl (C=O) groups excluding carboxylic acids is 1. The molecule has 4 nitrogen and oxygen atoms in total. The maximum atomic E-state index is 12.1. The van der Waals surface area contributed by atoms with E-state index in [2.05, 4.69) is 0 Å². The summed E-state index contributed by atoms with van der Waals surface area (Å²) in [5.74, 6) is 0.205. The summed E-state index contributed by atoms with van der Waals surface area (Å²) in [7, 11) is 1.62. The van der Waals surface area contributed by atoms with Gasteiger partial charge >= 0.3 is 0 Å². The number of piperidine rings is 1. The summed E-state index contributed by atoms with van der Waals surface area (Å²) in [5, 5.41) is 0. The Morgan fingerprint density at radius 1 is 1.26 bits per heavy atom. The average Bonchev–Trinajstić information content (AvgIpc) is 2.46. The minimum atomic E-state index is 0.205. The highest BCUT2D eigenvalue weighted by Crippen LogP contribution is 2.15. The third kappa shape index (κ3) is 4.33. The molecule has 1 heterocycles. The summed E-state index contributed by atoms with van der Waals surface area (Å²) in [6.07, 6.45) is 2.50. The Bertz CT molecular complexity index is 386. The fourth-order valence-corrected chi connectivity index (χ4v) is 2.32. The second kappa shape index (κ2) is 7.26. The van der Waals surface area contributed by atoms with Crippen molar-refractivity contribution < 1.29 is 14.3 Å². The SMILES string of the molecule is COCOC1CCN(C(=O)Cc2ccccc2)CC1. The zero-order valence-corrected chi connectivity index (χ0v) is 11.4. The predicted octanol–water partition coefficient (Wildman–Crippen LogP) is 1.84. The molecular formula is C15H21NO3. The van der Waals surface area contributed by atoms with Gasteiger partial charge in [-0.25, -0.2) is 0 Å². The van der Waals surface area contributed by atoms with Gasteiger partial charge in [0.05, 0.1) is 12.5 Å². The van der Waals surface area contributed by atoms with Gasteiger partial charge in [-0.2, -0.15) is 0 Å². The third-order valence-electron chi connectivity index (χ3n) is 3.41. The second-order valence-corrected chi connectivity index (χ2v) is 4.82. The summed E-state index contributed by atoms with van der Waals surface area (Å²) in [5.41, 5.74) is 1.07. The Labute approximate surface area is 114 Å². The first-order valence-electron chi connectivity index (χ1n) is 6.72. The van der Waals surface area contributed by atoms with Crippen molar-refractivity contribution in [2.45, 2.75) is 25.4 Å². The van der Waals surface area contributed by atoms with Crippen LogP contribution in [0.25, 0.3) is 0 Å². The standard InChI is InChI=1S/C15H21NO3/c1-18-12-19-14-7-9-16(10-8-14)15(17)11-13-5-3-2-4-6-13/h2-6,14H,7-12H2,1H3. The molecule has 2 rings (SSSR count). The van der Waals surface area contributed by atoms with E-state index in [0.717, 1.165) is 31.5 Å². The molecule has 1 saturated heterocycles. The molecule has 19 heavy (non-hydrogen) atoms. The van der Waals surface area contributed by atoms with E-state index in [0.29, 0.717) is 13.2 Å². The lowest BCUT2D eigenvalue weighted by molar-refractivity contribution is -0.135. The van der Waals surface area contributed by atoms with Crippen molar-refractivity contribution in [1.29, 1.82) is 0 Å². The number of hydrogen-bond donors (Lipinski definition) is 0. The molecule has 0 bridgehead atoms. The molecule has 0 aromatic heterocycles. The van der Waals surface area contributed by atoms with Crippen LogP contribution in [0, 0.1) is 0 Å². The Morgan fingerprint density at radius 3 is 2.58 bits per heavy atom. The molecule has 0 unspecified atom stereocenters. The maximum absolute atomic E-state index is 12.1. The highest BCUT2D eigenvalue weighted by atomic mass is 16.7. The summed E-state index contributed by atoms with van der Waals surface area (Å²) in [6.45, 7) is 1.89. The smallest absolute Gasteiger partial charge is 0.226 e. The number of methoxy groups -OCH3 is 1. The lowest BCUT2D eigenvalue weighted by Crippen LogP contribution is -2.41. The van der Waals surface area contributed by atoms with Crippen LogP contribution in [-0.4, -0.2) is 43.9 Å². The van der Waals surface area contributed by atoms with E-state index in [4.69, 9.17) is 9.47 Å². The number of benzene rings is 1. The highest BCUT2D eigenvalue weighted by Gasteiger charge is 2.23. The highest BCUT2D eigenvalue weighted by molar-refractivity contribution is 5.78. The van der Waals surface area contributed by atoms with Crippen LogP contribution >= 0.6 is 0 Å². The number of ether oxygens (including phenoxy) is 2. The van der Waals surface area contributed by atoms with Crippen molar-refractivity contribution in [1.82, 2.24) is 4.90 Å². The van der Waals surface area contributed by atoms with Gasteiger partial charge in [-0.05, 0) is 18.4 Å². The molecule has 1 aliphatic rings. The van der Waals surface area contributed by atoms with E-state index in [1.807, 2.05) is 35.2 Å². The molecule has 0 aliphatic carbocycles. The van der Waals surface area contributed by atoms with Crippen molar-refractivity contribution in [2.24, 2.45) is 0 Å². The average molecular weight is 263 g/mol. The number of likely N-dealkylation sites (tertiary alicyclic amines) is 1. The molecule has 104 valence electrons. The van der Waals surface area contributed by atoms with Crippen LogP contribution in [0.1, 0.15) is 18.4 Å². The van der Waals surface area contributed by atoms with E-state index in [-0.39, 0.29) is 12.0 Å². The van der Waals surface area contributed by atoms with Crippen LogP contribution in [0.3, 0.4) is 0 Å². The number of amides is 1. The van der Waals surface area contributed by atoms with Gasteiger partial charge in [0.2, 0.25) is 5.91 Å². The first-order valence-corrected chi connectivity index (χ1v) is 6.72. The Balaban J connectivity index is 1.76. The van der Waals surface area contributed by atoms with E-state index < -0.39 is 0 Å². The summed E-state index contributed by atoms with van der Waals surface area (Å²) in [6, 6.07) is 9.88. The molecule has 0 atom stereocenters. The zero-order chi connectivity index (χ0) is 13.5. The van der Waals surface area contributed by atoms with Crippen LogP contribution < -0.4 is 0 Å². The Morgan fingerprint density at radius 2 is 1.95 bits per heavy atom. The van der Waals surface area contributed by atoms with Crippen molar-refractivity contribution in [3.05, 3.63) is 35.9 Å². The molecule has 1 aliphatic heterocycles. The molecule has 4 heteroatoms. The first-order chi connectivity index (χ1) is 9.29. The van der Waals surface area contributed by atoms with Gasteiger partial charge in [-0.3, -0.25) is 4.79 Å². The lowest BCUT2D eigenvalue weighted by atomic mass is 10.1. The number of rotatable bonds is 5. The quantitative estimate of drug-likeness (QED) is 0.761. The topological polar surface area (TPSA) is 38.8 Å². The van der Waals surface area contributed by atoms with Crippen LogP contribution in [0.4, 0.5) is 0 Å². The van der Waals surface area contributed by atoms with E-state index in [9.17, 15) is 4.79 Å². The molecular weight excluding hydrogens is 242 g/mol. The third-order valence-corrected chi connectivity index (χ3v) is 3.41. The van der Waals surface area contributed by atoms with Crippen LogP contribution in [0.5, 0.6) is 0 Å². The van der Waals surface area contributed by atoms with E-state index in [1.165, 1.54) is 0 Å².